The molecule has 0 radical (unpaired) electrons. The molecule has 1 aliphatic heterocycles. The monoisotopic (exact) mass is 409 g/mol. The smallest absolute Gasteiger partial charge is 0.249 e. The van der Waals surface area contributed by atoms with Crippen LogP contribution < -0.4 is 10.6 Å². The average molecular weight is 409 g/mol. The predicted octanol–water partition coefficient (Wildman–Crippen LogP) is 4.17. The van der Waals surface area contributed by atoms with Crippen molar-refractivity contribution in [2.24, 2.45) is 5.73 Å². The molecule has 6 heteroatoms. The highest BCUT2D eigenvalue weighted by atomic mass is 16.1. The molecule has 3 heterocycles. The summed E-state index contributed by atoms with van der Waals surface area (Å²) in [6.45, 7) is 1.78. The highest BCUT2D eigenvalue weighted by molar-refractivity contribution is 5.99. The van der Waals surface area contributed by atoms with Gasteiger partial charge in [-0.3, -0.25) is 14.8 Å². The maximum absolute atomic E-state index is 11.9. The number of pyridine rings is 1. The molecule has 0 atom stereocenters. The van der Waals surface area contributed by atoms with Crippen LogP contribution in [0.25, 0.3) is 22.2 Å². The Morgan fingerprint density at radius 3 is 2.48 bits per heavy atom. The van der Waals surface area contributed by atoms with E-state index < -0.39 is 5.91 Å². The van der Waals surface area contributed by atoms with Crippen molar-refractivity contribution in [3.05, 3.63) is 84.3 Å². The molecule has 2 N–H and O–H groups in total. The third-order valence-electron chi connectivity index (χ3n) is 5.96. The number of hydrogen-bond acceptors (Lipinski definition) is 5. The Bertz CT molecular complexity index is 1250. The highest BCUT2D eigenvalue weighted by Gasteiger charge is 2.26. The van der Waals surface area contributed by atoms with Gasteiger partial charge in [-0.25, -0.2) is 4.98 Å². The van der Waals surface area contributed by atoms with Gasteiger partial charge in [-0.2, -0.15) is 0 Å². The molecule has 6 nitrogen and oxygen atoms in total. The van der Waals surface area contributed by atoms with Gasteiger partial charge in [-0.15, -0.1) is 0 Å². The molecule has 0 saturated carbocycles. The quantitative estimate of drug-likeness (QED) is 0.547. The Balaban J connectivity index is 1.40. The lowest BCUT2D eigenvalue weighted by Crippen LogP contribution is -2.34. The minimum absolute atomic E-state index is 0.265. The summed E-state index contributed by atoms with van der Waals surface area (Å²) in [6, 6.07) is 19.7. The fourth-order valence-electron chi connectivity index (χ4n) is 4.37. The van der Waals surface area contributed by atoms with Gasteiger partial charge in [0.25, 0.3) is 0 Å². The van der Waals surface area contributed by atoms with Crippen LogP contribution in [-0.2, 0) is 0 Å². The first kappa shape index (κ1) is 19.2. The van der Waals surface area contributed by atoms with Gasteiger partial charge in [0.1, 0.15) is 5.82 Å². The minimum atomic E-state index is -0.454. The number of primary amides is 1. The van der Waals surface area contributed by atoms with Crippen LogP contribution in [-0.4, -0.2) is 33.9 Å². The third kappa shape index (κ3) is 3.72. The Morgan fingerprint density at radius 1 is 0.903 bits per heavy atom. The van der Waals surface area contributed by atoms with E-state index in [9.17, 15) is 4.79 Å². The van der Waals surface area contributed by atoms with E-state index in [4.69, 9.17) is 10.7 Å². The Labute approximate surface area is 180 Å². The van der Waals surface area contributed by atoms with E-state index in [1.54, 1.807) is 18.5 Å². The molecule has 154 valence electrons. The molecule has 4 aromatic rings. The number of para-hydroxylation sites is 1. The van der Waals surface area contributed by atoms with Crippen LogP contribution in [0, 0.1) is 0 Å². The molecular formula is C25H23N5O. The highest BCUT2D eigenvalue weighted by Crippen LogP contribution is 2.35. The Hall–Kier alpha value is -3.80. The van der Waals surface area contributed by atoms with Crippen molar-refractivity contribution in [2.75, 3.05) is 18.0 Å². The second-order valence-corrected chi connectivity index (χ2v) is 7.82. The number of carbonyl (C=O) groups is 1. The minimum Gasteiger partial charge on any atom is -0.366 e. The topological polar surface area (TPSA) is 85.0 Å². The number of anilines is 1. The van der Waals surface area contributed by atoms with Gasteiger partial charge in [-0.1, -0.05) is 36.4 Å². The van der Waals surface area contributed by atoms with Gasteiger partial charge in [-0.05, 0) is 37.1 Å². The molecule has 1 fully saturated rings. The number of nitrogens with two attached hydrogens (primary N) is 1. The van der Waals surface area contributed by atoms with Crippen molar-refractivity contribution < 1.29 is 4.79 Å². The van der Waals surface area contributed by atoms with E-state index in [-0.39, 0.29) is 5.92 Å². The number of rotatable bonds is 4. The van der Waals surface area contributed by atoms with E-state index in [0.29, 0.717) is 5.56 Å². The molecule has 0 bridgehead atoms. The zero-order valence-electron chi connectivity index (χ0n) is 17.1. The van der Waals surface area contributed by atoms with E-state index in [0.717, 1.165) is 59.6 Å². The largest absolute Gasteiger partial charge is 0.366 e. The summed E-state index contributed by atoms with van der Waals surface area (Å²) in [5.41, 5.74) is 9.52. The summed E-state index contributed by atoms with van der Waals surface area (Å²) >= 11 is 0. The number of benzene rings is 2. The fraction of sp³-hybridized carbons (Fsp3) is 0.200. The van der Waals surface area contributed by atoms with Crippen LogP contribution in [0.1, 0.15) is 34.8 Å². The van der Waals surface area contributed by atoms with Crippen molar-refractivity contribution in [1.82, 2.24) is 15.0 Å². The molecule has 5 rings (SSSR count). The normalized spacial score (nSPS) is 14.6. The first-order valence-electron chi connectivity index (χ1n) is 10.5. The lowest BCUT2D eigenvalue weighted by atomic mass is 9.89. The molecule has 1 saturated heterocycles. The van der Waals surface area contributed by atoms with Crippen LogP contribution in [0.4, 0.5) is 5.82 Å². The zero-order valence-corrected chi connectivity index (χ0v) is 17.1. The lowest BCUT2D eigenvalue weighted by Gasteiger charge is -2.33. The molecule has 0 aliphatic carbocycles. The van der Waals surface area contributed by atoms with Gasteiger partial charge < -0.3 is 10.6 Å². The second-order valence-electron chi connectivity index (χ2n) is 7.82. The summed E-state index contributed by atoms with van der Waals surface area (Å²) in [7, 11) is 0. The summed E-state index contributed by atoms with van der Waals surface area (Å²) < 4.78 is 0. The van der Waals surface area contributed by atoms with Crippen molar-refractivity contribution in [3.8, 4) is 11.3 Å². The van der Waals surface area contributed by atoms with Gasteiger partial charge >= 0.3 is 0 Å². The van der Waals surface area contributed by atoms with E-state index in [1.165, 1.54) is 0 Å². The van der Waals surface area contributed by atoms with Gasteiger partial charge in [0, 0.05) is 47.9 Å². The summed E-state index contributed by atoms with van der Waals surface area (Å²) in [6.07, 6.45) is 5.28. The Kier molecular flexibility index (Phi) is 5.04. The number of amides is 1. The van der Waals surface area contributed by atoms with Crippen LogP contribution in [0.15, 0.2) is 73.1 Å². The number of fused-ring (bicyclic) bond motifs is 1. The van der Waals surface area contributed by atoms with Gasteiger partial charge in [0.05, 0.1) is 16.9 Å². The average Bonchev–Trinajstić information content (AvgIpc) is 2.84. The van der Waals surface area contributed by atoms with Crippen molar-refractivity contribution >= 4 is 22.6 Å². The molecule has 1 aliphatic rings. The first-order chi connectivity index (χ1) is 15.2. The summed E-state index contributed by atoms with van der Waals surface area (Å²) in [4.78, 5) is 28.4. The number of carbonyl (C=O) groups excluding carboxylic acids is 1. The molecule has 31 heavy (non-hydrogen) atoms. The van der Waals surface area contributed by atoms with Gasteiger partial charge in [0.15, 0.2) is 0 Å². The number of piperidine rings is 1. The van der Waals surface area contributed by atoms with Crippen LogP contribution in [0.5, 0.6) is 0 Å². The molecule has 2 aromatic carbocycles. The molecule has 0 unspecified atom stereocenters. The molecule has 0 spiro atoms. The molecule has 2 aromatic heterocycles. The predicted molar refractivity (Wildman–Crippen MR) is 122 cm³/mol. The standard InChI is InChI=1S/C25H23N5O/c26-25(31)20-7-3-2-6-19(20)24-23(27-13-14-28-24)18-11-15-30(16-12-18)22-10-9-17-5-1-4-8-21(17)29-22/h1-10,13-14,18H,11-12,15-16H2,(H2,26,31). The van der Waals surface area contributed by atoms with Crippen molar-refractivity contribution in [2.45, 2.75) is 18.8 Å². The van der Waals surface area contributed by atoms with Crippen LogP contribution >= 0.6 is 0 Å². The zero-order chi connectivity index (χ0) is 21.2. The summed E-state index contributed by atoms with van der Waals surface area (Å²) in [5.74, 6) is 0.821. The Morgan fingerprint density at radius 2 is 1.65 bits per heavy atom. The van der Waals surface area contributed by atoms with Crippen LogP contribution in [0.3, 0.4) is 0 Å². The van der Waals surface area contributed by atoms with E-state index >= 15 is 0 Å². The summed E-state index contributed by atoms with van der Waals surface area (Å²) in [5, 5.41) is 1.15. The molecular weight excluding hydrogens is 386 g/mol. The number of hydrogen-bond donors (Lipinski definition) is 1. The number of aromatic nitrogens is 3. The van der Waals surface area contributed by atoms with E-state index in [1.807, 2.05) is 36.4 Å². The van der Waals surface area contributed by atoms with Gasteiger partial charge in [0.2, 0.25) is 5.91 Å². The lowest BCUT2D eigenvalue weighted by molar-refractivity contribution is 0.100. The van der Waals surface area contributed by atoms with Crippen molar-refractivity contribution in [1.29, 1.82) is 0 Å². The third-order valence-corrected chi connectivity index (χ3v) is 5.96. The number of nitrogens with zero attached hydrogens (tertiary/aromatic N) is 4. The second kappa shape index (κ2) is 8.14. The first-order valence-corrected chi connectivity index (χ1v) is 10.5. The van der Waals surface area contributed by atoms with Crippen molar-refractivity contribution in [3.63, 3.8) is 0 Å². The van der Waals surface area contributed by atoms with E-state index in [2.05, 4.69) is 33.1 Å². The maximum atomic E-state index is 11.9. The molecule has 1 amide bonds. The van der Waals surface area contributed by atoms with Crippen LogP contribution in [0.2, 0.25) is 0 Å². The SMILES string of the molecule is NC(=O)c1ccccc1-c1nccnc1C1CCN(c2ccc3ccccc3n2)CC1. The maximum Gasteiger partial charge on any atom is 0.249 e. The fourth-order valence-corrected chi connectivity index (χ4v) is 4.37.